The fourth-order valence-corrected chi connectivity index (χ4v) is 3.73. The normalized spacial score (nSPS) is 16.7. The van der Waals surface area contributed by atoms with Crippen LogP contribution in [0.3, 0.4) is 0 Å². The summed E-state index contributed by atoms with van der Waals surface area (Å²) >= 11 is 1.94. The monoisotopic (exact) mass is 327 g/mol. The van der Waals surface area contributed by atoms with E-state index in [9.17, 15) is 4.79 Å². The van der Waals surface area contributed by atoms with E-state index in [1.54, 1.807) is 6.20 Å². The predicted molar refractivity (Wildman–Crippen MR) is 95.7 cm³/mol. The van der Waals surface area contributed by atoms with E-state index in [4.69, 9.17) is 0 Å². The largest absolute Gasteiger partial charge is 0.309 e. The first kappa shape index (κ1) is 16.0. The molecular formula is C18H21N3OS. The number of benzene rings is 1. The molecular weight excluding hydrogens is 306 g/mol. The van der Waals surface area contributed by atoms with E-state index >= 15 is 0 Å². The lowest BCUT2D eigenvalue weighted by atomic mass is 10.0. The summed E-state index contributed by atoms with van der Waals surface area (Å²) in [4.78, 5) is 19.5. The first-order valence-electron chi connectivity index (χ1n) is 7.85. The van der Waals surface area contributed by atoms with E-state index in [0.29, 0.717) is 5.82 Å². The van der Waals surface area contributed by atoms with E-state index in [0.717, 1.165) is 35.7 Å². The molecule has 1 unspecified atom stereocenters. The highest BCUT2D eigenvalue weighted by molar-refractivity contribution is 7.99. The van der Waals surface area contributed by atoms with Crippen LogP contribution >= 0.6 is 11.8 Å². The van der Waals surface area contributed by atoms with Crippen molar-refractivity contribution in [1.29, 1.82) is 0 Å². The van der Waals surface area contributed by atoms with Crippen molar-refractivity contribution in [3.63, 3.8) is 0 Å². The average Bonchev–Trinajstić information content (AvgIpc) is 2.59. The van der Waals surface area contributed by atoms with Gasteiger partial charge in [0.25, 0.3) is 0 Å². The van der Waals surface area contributed by atoms with Gasteiger partial charge >= 0.3 is 0 Å². The second-order valence-electron chi connectivity index (χ2n) is 5.62. The molecule has 0 radical (unpaired) electrons. The molecule has 3 rings (SSSR count). The number of hydrogen-bond donors (Lipinski definition) is 1. The maximum absolute atomic E-state index is 13.0. The molecule has 0 saturated carbocycles. The molecule has 0 aliphatic carbocycles. The Morgan fingerprint density at radius 1 is 1.17 bits per heavy atom. The highest BCUT2D eigenvalue weighted by Crippen LogP contribution is 2.26. The van der Waals surface area contributed by atoms with Crippen molar-refractivity contribution in [3.8, 4) is 0 Å². The highest BCUT2D eigenvalue weighted by Gasteiger charge is 2.29. The van der Waals surface area contributed by atoms with Crippen LogP contribution in [0, 0.1) is 6.92 Å². The van der Waals surface area contributed by atoms with Gasteiger partial charge in [0.2, 0.25) is 5.91 Å². The number of pyridine rings is 1. The van der Waals surface area contributed by atoms with Crippen molar-refractivity contribution in [2.24, 2.45) is 0 Å². The van der Waals surface area contributed by atoms with Gasteiger partial charge in [-0.1, -0.05) is 36.4 Å². The number of thioether (sulfide) groups is 1. The quantitative estimate of drug-likeness (QED) is 0.937. The molecule has 1 aliphatic rings. The number of nitrogens with one attached hydrogen (secondary N) is 1. The van der Waals surface area contributed by atoms with Gasteiger partial charge in [-0.15, -0.1) is 0 Å². The Morgan fingerprint density at radius 3 is 2.61 bits per heavy atom. The summed E-state index contributed by atoms with van der Waals surface area (Å²) in [6.45, 7) is 3.81. The Kier molecular flexibility index (Phi) is 5.31. The van der Waals surface area contributed by atoms with E-state index < -0.39 is 0 Å². The number of aryl methyl sites for hydroxylation is 1. The van der Waals surface area contributed by atoms with Crippen LogP contribution < -0.4 is 5.32 Å². The second kappa shape index (κ2) is 7.62. The molecule has 1 atom stereocenters. The third kappa shape index (κ3) is 3.92. The maximum atomic E-state index is 13.0. The fourth-order valence-electron chi connectivity index (χ4n) is 2.80. The van der Waals surface area contributed by atoms with Crippen molar-refractivity contribution in [2.45, 2.75) is 13.0 Å². The smallest absolute Gasteiger partial charge is 0.247 e. The van der Waals surface area contributed by atoms with Gasteiger partial charge in [-0.3, -0.25) is 9.69 Å². The minimum Gasteiger partial charge on any atom is -0.309 e. The highest BCUT2D eigenvalue weighted by atomic mass is 32.2. The van der Waals surface area contributed by atoms with Crippen molar-refractivity contribution < 1.29 is 4.79 Å². The lowest BCUT2D eigenvalue weighted by Gasteiger charge is -2.33. The van der Waals surface area contributed by atoms with E-state index in [1.165, 1.54) is 0 Å². The molecule has 1 saturated heterocycles. The molecule has 0 bridgehead atoms. The molecule has 5 heteroatoms. The van der Waals surface area contributed by atoms with Gasteiger partial charge in [0, 0.05) is 30.8 Å². The van der Waals surface area contributed by atoms with E-state index in [-0.39, 0.29) is 11.9 Å². The Hall–Kier alpha value is -1.85. The van der Waals surface area contributed by atoms with Gasteiger partial charge in [0.15, 0.2) is 0 Å². The zero-order chi connectivity index (χ0) is 16.1. The minimum absolute atomic E-state index is 0.00935. The van der Waals surface area contributed by atoms with Crippen LogP contribution in [0.2, 0.25) is 0 Å². The molecule has 2 aromatic rings. The zero-order valence-corrected chi connectivity index (χ0v) is 14.1. The van der Waals surface area contributed by atoms with Crippen molar-refractivity contribution in [3.05, 3.63) is 59.8 Å². The van der Waals surface area contributed by atoms with Crippen LogP contribution in [0.15, 0.2) is 48.7 Å². The molecule has 1 aromatic heterocycles. The molecule has 120 valence electrons. The average molecular weight is 327 g/mol. The number of carbonyl (C=O) groups is 1. The zero-order valence-electron chi connectivity index (χ0n) is 13.2. The number of amides is 1. The van der Waals surface area contributed by atoms with E-state index in [1.807, 2.05) is 61.2 Å². The molecule has 1 amide bonds. The summed E-state index contributed by atoms with van der Waals surface area (Å²) in [5, 5.41) is 3.01. The van der Waals surface area contributed by atoms with Crippen molar-refractivity contribution in [1.82, 2.24) is 9.88 Å². The fraction of sp³-hybridized carbons (Fsp3) is 0.333. The van der Waals surface area contributed by atoms with Crippen LogP contribution in [0.5, 0.6) is 0 Å². The van der Waals surface area contributed by atoms with Gasteiger partial charge in [-0.25, -0.2) is 4.98 Å². The lowest BCUT2D eigenvalue weighted by Crippen LogP contribution is -2.42. The predicted octanol–water partition coefficient (Wildman–Crippen LogP) is 3.12. The summed E-state index contributed by atoms with van der Waals surface area (Å²) in [5.41, 5.74) is 2.01. The number of anilines is 1. The van der Waals surface area contributed by atoms with Crippen molar-refractivity contribution >= 4 is 23.5 Å². The molecule has 0 spiro atoms. The minimum atomic E-state index is -0.265. The molecule has 1 aromatic carbocycles. The standard InChI is InChI=1S/C18H21N3OS/c1-14-6-5-9-19-17(14)20-18(22)16(15-7-3-2-4-8-15)21-10-12-23-13-11-21/h2-9,16H,10-13H2,1H3,(H,19,20,22). The van der Waals surface area contributed by atoms with Crippen LogP contribution in [0.4, 0.5) is 5.82 Å². The third-order valence-corrected chi connectivity index (χ3v) is 4.97. The summed E-state index contributed by atoms with van der Waals surface area (Å²) in [6.07, 6.45) is 1.71. The summed E-state index contributed by atoms with van der Waals surface area (Å²) < 4.78 is 0. The second-order valence-corrected chi connectivity index (χ2v) is 6.84. The number of nitrogens with zero attached hydrogens (tertiary/aromatic N) is 2. The van der Waals surface area contributed by atoms with Gasteiger partial charge in [0.05, 0.1) is 0 Å². The van der Waals surface area contributed by atoms with Crippen molar-refractivity contribution in [2.75, 3.05) is 29.9 Å². The Morgan fingerprint density at radius 2 is 1.91 bits per heavy atom. The molecule has 4 nitrogen and oxygen atoms in total. The first-order valence-corrected chi connectivity index (χ1v) is 9.00. The molecule has 23 heavy (non-hydrogen) atoms. The number of aromatic nitrogens is 1. The summed E-state index contributed by atoms with van der Waals surface area (Å²) in [6, 6.07) is 13.6. The number of rotatable bonds is 4. The number of hydrogen-bond acceptors (Lipinski definition) is 4. The maximum Gasteiger partial charge on any atom is 0.247 e. The molecule has 1 fully saturated rings. The Bertz CT molecular complexity index is 656. The van der Waals surface area contributed by atoms with Gasteiger partial charge in [-0.2, -0.15) is 11.8 Å². The number of carbonyl (C=O) groups excluding carboxylic acids is 1. The molecule has 1 aliphatic heterocycles. The Labute approximate surface area is 141 Å². The van der Waals surface area contributed by atoms with Gasteiger partial charge in [-0.05, 0) is 24.1 Å². The first-order chi connectivity index (χ1) is 11.3. The van der Waals surface area contributed by atoms with Gasteiger partial charge < -0.3 is 5.32 Å². The van der Waals surface area contributed by atoms with Crippen LogP contribution in [-0.2, 0) is 4.79 Å². The van der Waals surface area contributed by atoms with Crippen LogP contribution in [0.1, 0.15) is 17.2 Å². The lowest BCUT2D eigenvalue weighted by molar-refractivity contribution is -0.121. The molecule has 1 N–H and O–H groups in total. The van der Waals surface area contributed by atoms with Crippen LogP contribution in [0.25, 0.3) is 0 Å². The Balaban J connectivity index is 1.85. The topological polar surface area (TPSA) is 45.2 Å². The van der Waals surface area contributed by atoms with E-state index in [2.05, 4.69) is 15.2 Å². The molecule has 2 heterocycles. The van der Waals surface area contributed by atoms with Gasteiger partial charge in [0.1, 0.15) is 11.9 Å². The third-order valence-electron chi connectivity index (χ3n) is 4.03. The van der Waals surface area contributed by atoms with Crippen LogP contribution in [-0.4, -0.2) is 40.4 Å². The SMILES string of the molecule is Cc1cccnc1NC(=O)C(c1ccccc1)N1CCSCC1. The summed E-state index contributed by atoms with van der Waals surface area (Å²) in [7, 11) is 0. The summed E-state index contributed by atoms with van der Waals surface area (Å²) in [5.74, 6) is 2.77.